The Morgan fingerprint density at radius 3 is 2.35 bits per heavy atom. The van der Waals surface area contributed by atoms with Gasteiger partial charge in [-0.3, -0.25) is 9.63 Å². The van der Waals surface area contributed by atoms with Crippen LogP contribution in [0.3, 0.4) is 0 Å². The van der Waals surface area contributed by atoms with Crippen LogP contribution in [-0.4, -0.2) is 35.8 Å². The van der Waals surface area contributed by atoms with Gasteiger partial charge in [-0.25, -0.2) is 10.5 Å². The molecule has 1 amide bonds. The van der Waals surface area contributed by atoms with Crippen molar-refractivity contribution in [3.8, 4) is 0 Å². The van der Waals surface area contributed by atoms with Crippen molar-refractivity contribution in [3.63, 3.8) is 0 Å². The monoisotopic (exact) mass is 493 g/mol. The minimum absolute atomic E-state index is 0.101. The fourth-order valence-electron chi connectivity index (χ4n) is 2.95. The summed E-state index contributed by atoms with van der Waals surface area (Å²) in [4.78, 5) is 24.5. The maximum atomic E-state index is 13.6. The molecule has 180 valence electrons. The molecule has 0 radical (unpaired) electrons. The lowest BCUT2D eigenvalue weighted by Crippen LogP contribution is -2.23. The third-order valence-electron chi connectivity index (χ3n) is 4.54. The van der Waals surface area contributed by atoms with Crippen LogP contribution in [0.15, 0.2) is 54.7 Å². The average Bonchev–Trinajstić information content (AvgIpc) is 2.77. The van der Waals surface area contributed by atoms with E-state index in [1.54, 1.807) is 37.3 Å². The van der Waals surface area contributed by atoms with Crippen molar-refractivity contribution in [3.05, 3.63) is 65.9 Å². The summed E-state index contributed by atoms with van der Waals surface area (Å²) < 4.78 is 53.4. The largest absolute Gasteiger partial charge is 0.421 e. The van der Waals surface area contributed by atoms with Crippen LogP contribution >= 0.6 is 7.14 Å². The van der Waals surface area contributed by atoms with Crippen LogP contribution in [0.1, 0.15) is 22.8 Å². The summed E-state index contributed by atoms with van der Waals surface area (Å²) in [5, 5.41) is 5.89. The van der Waals surface area contributed by atoms with E-state index in [0.717, 1.165) is 0 Å². The Balaban J connectivity index is 1.90. The molecule has 2 aromatic carbocycles. The number of hydrogen-bond acceptors (Lipinski definition) is 7. The van der Waals surface area contributed by atoms with Crippen molar-refractivity contribution in [2.75, 3.05) is 30.6 Å². The summed E-state index contributed by atoms with van der Waals surface area (Å²) in [7, 11) is -2.78. The lowest BCUT2D eigenvalue weighted by Gasteiger charge is -2.18. The maximum Gasteiger partial charge on any atom is 0.421 e. The molecule has 0 spiro atoms. The second kappa shape index (κ2) is 10.2. The zero-order chi connectivity index (χ0) is 24.9. The maximum absolute atomic E-state index is 13.6. The normalized spacial score (nSPS) is 11.7. The molecule has 0 saturated carbocycles. The van der Waals surface area contributed by atoms with E-state index in [1.807, 2.05) is 0 Å². The molecule has 0 saturated heterocycles. The van der Waals surface area contributed by atoms with Crippen LogP contribution in [0.2, 0.25) is 0 Å². The quantitative estimate of drug-likeness (QED) is 0.302. The van der Waals surface area contributed by atoms with Gasteiger partial charge in [0.05, 0.1) is 12.3 Å². The molecule has 34 heavy (non-hydrogen) atoms. The van der Waals surface area contributed by atoms with Crippen molar-refractivity contribution >= 4 is 41.5 Å². The van der Waals surface area contributed by atoms with Gasteiger partial charge in [0.1, 0.15) is 18.5 Å². The molecule has 12 heteroatoms. The fraction of sp³-hybridized carbons (Fsp3) is 0.227. The molecule has 0 aliphatic rings. The summed E-state index contributed by atoms with van der Waals surface area (Å²) >= 11 is 0. The van der Waals surface area contributed by atoms with Crippen molar-refractivity contribution in [2.45, 2.75) is 13.1 Å². The standard InChI is InChI=1S/C22H23F3N5O3P/c1-4-33-30-20(31)14-9-11-15(12-10-14)27-21-26-13-16(22(23,24)25)19(29-21)28-17-7-5-6-8-18(17)34(2,3)32/h5-13H,4H2,1-3H3,(H,30,31)(H2,26,27,28,29). The molecule has 0 atom stereocenters. The van der Waals surface area contributed by atoms with E-state index in [9.17, 15) is 22.5 Å². The number of anilines is 4. The molecule has 3 N–H and O–H groups in total. The van der Waals surface area contributed by atoms with Gasteiger partial charge in [0.15, 0.2) is 0 Å². The van der Waals surface area contributed by atoms with Crippen LogP contribution < -0.4 is 21.4 Å². The molecule has 0 bridgehead atoms. The number of carbonyl (C=O) groups excluding carboxylic acids is 1. The first-order chi connectivity index (χ1) is 16.0. The third kappa shape index (κ3) is 6.33. The van der Waals surface area contributed by atoms with E-state index >= 15 is 0 Å². The Hall–Kier alpha value is -3.43. The zero-order valence-corrected chi connectivity index (χ0v) is 19.5. The first-order valence-corrected chi connectivity index (χ1v) is 12.7. The Labute approximate surface area is 194 Å². The van der Waals surface area contributed by atoms with Gasteiger partial charge < -0.3 is 15.2 Å². The summed E-state index contributed by atoms with van der Waals surface area (Å²) in [5.41, 5.74) is 2.23. The van der Waals surface area contributed by atoms with Crippen LogP contribution in [-0.2, 0) is 15.6 Å². The Morgan fingerprint density at radius 2 is 1.74 bits per heavy atom. The molecule has 0 fully saturated rings. The van der Waals surface area contributed by atoms with Gasteiger partial charge in [0, 0.05) is 22.8 Å². The first kappa shape index (κ1) is 25.2. The predicted octanol–water partition coefficient (Wildman–Crippen LogP) is 4.91. The lowest BCUT2D eigenvalue weighted by molar-refractivity contribution is -0.137. The number of nitrogens with one attached hydrogen (secondary N) is 3. The third-order valence-corrected chi connectivity index (χ3v) is 6.09. The molecule has 0 aliphatic heterocycles. The average molecular weight is 493 g/mol. The van der Waals surface area contributed by atoms with Crippen LogP contribution in [0.4, 0.5) is 36.3 Å². The molecule has 1 heterocycles. The summed E-state index contributed by atoms with van der Waals surface area (Å²) in [6, 6.07) is 12.5. The van der Waals surface area contributed by atoms with E-state index in [0.29, 0.717) is 29.4 Å². The highest BCUT2D eigenvalue weighted by Crippen LogP contribution is 2.40. The molecular formula is C22H23F3N5O3P. The van der Waals surface area contributed by atoms with E-state index in [1.165, 1.54) is 31.5 Å². The molecule has 3 rings (SSSR count). The number of halogens is 3. The van der Waals surface area contributed by atoms with Crippen LogP contribution in [0, 0.1) is 0 Å². The van der Waals surface area contributed by atoms with Gasteiger partial charge in [-0.15, -0.1) is 0 Å². The van der Waals surface area contributed by atoms with Gasteiger partial charge in [-0.2, -0.15) is 18.2 Å². The first-order valence-electron chi connectivity index (χ1n) is 10.1. The Kier molecular flexibility index (Phi) is 7.58. The topological polar surface area (TPSA) is 105 Å². The van der Waals surface area contributed by atoms with E-state index in [2.05, 4.69) is 26.1 Å². The highest BCUT2D eigenvalue weighted by atomic mass is 31.2. The van der Waals surface area contributed by atoms with Gasteiger partial charge in [0.2, 0.25) is 5.95 Å². The summed E-state index contributed by atoms with van der Waals surface area (Å²) in [6.45, 7) is 5.10. The van der Waals surface area contributed by atoms with Crippen LogP contribution in [0.25, 0.3) is 0 Å². The van der Waals surface area contributed by atoms with Gasteiger partial charge in [-0.1, -0.05) is 12.1 Å². The summed E-state index contributed by atoms with van der Waals surface area (Å²) in [6.07, 6.45) is -4.05. The molecule has 0 aliphatic carbocycles. The number of rotatable bonds is 8. The number of benzene rings is 2. The number of nitrogens with zero attached hydrogens (tertiary/aromatic N) is 2. The number of para-hydroxylation sites is 1. The fourth-order valence-corrected chi connectivity index (χ4v) is 4.11. The van der Waals surface area contributed by atoms with Gasteiger partial charge >= 0.3 is 6.18 Å². The van der Waals surface area contributed by atoms with E-state index < -0.39 is 30.6 Å². The molecule has 0 unspecified atom stereocenters. The van der Waals surface area contributed by atoms with Crippen molar-refractivity contribution in [1.29, 1.82) is 0 Å². The number of amides is 1. The Morgan fingerprint density at radius 1 is 1.06 bits per heavy atom. The number of carbonyl (C=O) groups is 1. The number of aromatic nitrogens is 2. The van der Waals surface area contributed by atoms with Crippen molar-refractivity contribution < 1.29 is 27.4 Å². The van der Waals surface area contributed by atoms with Crippen molar-refractivity contribution in [2.24, 2.45) is 0 Å². The number of alkyl halides is 3. The zero-order valence-electron chi connectivity index (χ0n) is 18.6. The van der Waals surface area contributed by atoms with Crippen LogP contribution in [0.5, 0.6) is 0 Å². The van der Waals surface area contributed by atoms with Gasteiger partial charge in [0.25, 0.3) is 5.91 Å². The highest BCUT2D eigenvalue weighted by Gasteiger charge is 2.35. The second-order valence-electron chi connectivity index (χ2n) is 7.51. The van der Waals surface area contributed by atoms with E-state index in [-0.39, 0.29) is 11.6 Å². The Bertz CT molecular complexity index is 1210. The molecule has 1 aromatic heterocycles. The molecular weight excluding hydrogens is 470 g/mol. The minimum Gasteiger partial charge on any atom is -0.339 e. The number of hydrogen-bond donors (Lipinski definition) is 3. The lowest BCUT2D eigenvalue weighted by atomic mass is 10.2. The van der Waals surface area contributed by atoms with Gasteiger partial charge in [-0.05, 0) is 56.7 Å². The SMILES string of the molecule is CCONC(=O)c1ccc(Nc2ncc(C(F)(F)F)c(Nc3ccccc3P(C)(C)=O)n2)cc1. The summed E-state index contributed by atoms with van der Waals surface area (Å²) in [5.74, 6) is -1.03. The smallest absolute Gasteiger partial charge is 0.339 e. The predicted molar refractivity (Wildman–Crippen MR) is 125 cm³/mol. The second-order valence-corrected chi connectivity index (χ2v) is 10.7. The van der Waals surface area contributed by atoms with Crippen molar-refractivity contribution in [1.82, 2.24) is 15.4 Å². The minimum atomic E-state index is -4.71. The number of hydroxylamine groups is 1. The van der Waals surface area contributed by atoms with E-state index in [4.69, 9.17) is 4.84 Å². The highest BCUT2D eigenvalue weighted by molar-refractivity contribution is 7.70. The molecule has 3 aromatic rings. The molecule has 8 nitrogen and oxygen atoms in total.